The molecule has 130 valence electrons. The van der Waals surface area contributed by atoms with Gasteiger partial charge in [0.05, 0.1) is 6.04 Å². The summed E-state index contributed by atoms with van der Waals surface area (Å²) < 4.78 is 1.83. The van der Waals surface area contributed by atoms with Crippen LogP contribution in [-0.2, 0) is 4.79 Å². The fourth-order valence-corrected chi connectivity index (χ4v) is 2.91. The van der Waals surface area contributed by atoms with Crippen LogP contribution < -0.4 is 5.32 Å². The summed E-state index contributed by atoms with van der Waals surface area (Å²) >= 11 is 6.07. The molecule has 1 amide bonds. The molecule has 0 radical (unpaired) electrons. The van der Waals surface area contributed by atoms with Crippen molar-refractivity contribution in [2.45, 2.75) is 26.0 Å². The van der Waals surface area contributed by atoms with Crippen molar-refractivity contribution in [2.24, 2.45) is 5.92 Å². The number of aliphatic hydroxyl groups excluding tert-OH is 1. The predicted molar refractivity (Wildman–Crippen MR) is 95.1 cm³/mol. The number of carbonyl (C=O) groups is 1. The number of hydrogen-bond donors (Lipinski definition) is 2. The van der Waals surface area contributed by atoms with E-state index in [9.17, 15) is 9.90 Å². The van der Waals surface area contributed by atoms with Crippen molar-refractivity contribution in [2.75, 3.05) is 0 Å². The van der Waals surface area contributed by atoms with E-state index < -0.39 is 18.1 Å². The van der Waals surface area contributed by atoms with Gasteiger partial charge in [-0.05, 0) is 24.1 Å². The van der Waals surface area contributed by atoms with Gasteiger partial charge in [0, 0.05) is 16.8 Å². The quantitative estimate of drug-likeness (QED) is 0.735. The third-order valence-corrected chi connectivity index (χ3v) is 4.38. The van der Waals surface area contributed by atoms with E-state index in [-0.39, 0.29) is 5.92 Å². The number of benzene rings is 1. The molecule has 0 fully saturated rings. The van der Waals surface area contributed by atoms with Gasteiger partial charge in [-0.15, -0.1) is 10.2 Å². The fraction of sp³-hybridized carbons (Fsp3) is 0.278. The molecule has 25 heavy (non-hydrogen) atoms. The Bertz CT molecular complexity index is 893. The number of aliphatic hydroxyl groups is 1. The molecule has 0 aliphatic rings. The molecule has 2 N–H and O–H groups in total. The van der Waals surface area contributed by atoms with Crippen LogP contribution in [0, 0.1) is 5.92 Å². The standard InChI is InChI=1S/C18H19ClN4O2/c1-11(2)15(17-22-21-14-9-5-6-10-23(14)17)20-18(25)16(24)12-7-3-4-8-13(12)19/h3-11,15-16,24H,1-2H3,(H,20,25)/t15-,16+/m0/s1. The molecule has 3 aromatic rings. The highest BCUT2D eigenvalue weighted by Crippen LogP contribution is 2.25. The molecule has 2 heterocycles. The van der Waals surface area contributed by atoms with Crippen LogP contribution in [0.5, 0.6) is 0 Å². The molecule has 0 spiro atoms. The smallest absolute Gasteiger partial charge is 0.254 e. The van der Waals surface area contributed by atoms with Crippen LogP contribution in [0.25, 0.3) is 5.65 Å². The van der Waals surface area contributed by atoms with E-state index in [1.54, 1.807) is 24.3 Å². The molecule has 2 aromatic heterocycles. The summed E-state index contributed by atoms with van der Waals surface area (Å²) in [6.07, 6.45) is 0.491. The summed E-state index contributed by atoms with van der Waals surface area (Å²) in [5.74, 6) is 0.139. The Balaban J connectivity index is 1.87. The molecule has 0 unspecified atom stereocenters. The van der Waals surface area contributed by atoms with Gasteiger partial charge < -0.3 is 10.4 Å². The Morgan fingerprint density at radius 1 is 1.16 bits per heavy atom. The molecule has 0 saturated carbocycles. The lowest BCUT2D eigenvalue weighted by Crippen LogP contribution is -2.36. The molecule has 2 atom stereocenters. The van der Waals surface area contributed by atoms with Crippen molar-refractivity contribution in [3.05, 3.63) is 65.1 Å². The summed E-state index contributed by atoms with van der Waals surface area (Å²) in [4.78, 5) is 12.6. The highest BCUT2D eigenvalue weighted by Gasteiger charge is 2.27. The van der Waals surface area contributed by atoms with E-state index in [4.69, 9.17) is 11.6 Å². The van der Waals surface area contributed by atoms with Gasteiger partial charge in [-0.1, -0.05) is 49.7 Å². The Labute approximate surface area is 150 Å². The zero-order valence-electron chi connectivity index (χ0n) is 13.9. The zero-order chi connectivity index (χ0) is 18.0. The number of nitrogens with zero attached hydrogens (tertiary/aromatic N) is 3. The van der Waals surface area contributed by atoms with Crippen molar-refractivity contribution in [1.82, 2.24) is 19.9 Å². The first-order valence-corrected chi connectivity index (χ1v) is 8.39. The minimum atomic E-state index is -1.35. The van der Waals surface area contributed by atoms with Gasteiger partial charge in [0.15, 0.2) is 17.6 Å². The van der Waals surface area contributed by atoms with Crippen molar-refractivity contribution >= 4 is 23.2 Å². The molecule has 0 aliphatic heterocycles. The van der Waals surface area contributed by atoms with Crippen LogP contribution in [0.1, 0.15) is 37.4 Å². The third kappa shape index (κ3) is 3.50. The van der Waals surface area contributed by atoms with E-state index in [1.165, 1.54) is 0 Å². The lowest BCUT2D eigenvalue weighted by Gasteiger charge is -2.23. The first-order chi connectivity index (χ1) is 12.0. The van der Waals surface area contributed by atoms with E-state index in [2.05, 4.69) is 15.5 Å². The van der Waals surface area contributed by atoms with Crippen LogP contribution in [0.15, 0.2) is 48.7 Å². The normalized spacial score (nSPS) is 13.8. The highest BCUT2D eigenvalue weighted by molar-refractivity contribution is 6.31. The van der Waals surface area contributed by atoms with E-state index >= 15 is 0 Å². The number of aromatic nitrogens is 3. The number of rotatable bonds is 5. The number of nitrogens with one attached hydrogen (secondary N) is 1. The number of fused-ring (bicyclic) bond motifs is 1. The van der Waals surface area contributed by atoms with Gasteiger partial charge in [-0.3, -0.25) is 9.20 Å². The fourth-order valence-electron chi connectivity index (χ4n) is 2.67. The predicted octanol–water partition coefficient (Wildman–Crippen LogP) is 2.93. The van der Waals surface area contributed by atoms with E-state index in [1.807, 2.05) is 42.6 Å². The maximum Gasteiger partial charge on any atom is 0.254 e. The summed E-state index contributed by atoms with van der Waals surface area (Å²) in [6.45, 7) is 3.94. The molecule has 0 bridgehead atoms. The first kappa shape index (κ1) is 17.4. The number of pyridine rings is 1. The molecule has 0 saturated heterocycles. The molecule has 3 rings (SSSR count). The number of amides is 1. The van der Waals surface area contributed by atoms with Crippen LogP contribution in [0.3, 0.4) is 0 Å². The number of hydrogen-bond acceptors (Lipinski definition) is 4. The highest BCUT2D eigenvalue weighted by atomic mass is 35.5. The molecule has 7 heteroatoms. The van der Waals surface area contributed by atoms with Gasteiger partial charge in [0.1, 0.15) is 0 Å². The molecular formula is C18H19ClN4O2. The van der Waals surface area contributed by atoms with Gasteiger partial charge in [0.2, 0.25) is 0 Å². The van der Waals surface area contributed by atoms with Crippen molar-refractivity contribution in [3.63, 3.8) is 0 Å². The molecule has 0 aliphatic carbocycles. The van der Waals surface area contributed by atoms with Crippen molar-refractivity contribution in [1.29, 1.82) is 0 Å². The van der Waals surface area contributed by atoms with Crippen LogP contribution >= 0.6 is 11.6 Å². The molecular weight excluding hydrogens is 340 g/mol. The van der Waals surface area contributed by atoms with E-state index in [0.717, 1.165) is 0 Å². The summed E-state index contributed by atoms with van der Waals surface area (Å²) in [7, 11) is 0. The largest absolute Gasteiger partial charge is 0.378 e. The lowest BCUT2D eigenvalue weighted by molar-refractivity contribution is -0.130. The monoisotopic (exact) mass is 358 g/mol. The van der Waals surface area contributed by atoms with Crippen molar-refractivity contribution < 1.29 is 9.90 Å². The first-order valence-electron chi connectivity index (χ1n) is 8.01. The number of carbonyl (C=O) groups excluding carboxylic acids is 1. The van der Waals surface area contributed by atoms with Crippen LogP contribution in [-0.4, -0.2) is 25.6 Å². The third-order valence-electron chi connectivity index (χ3n) is 4.03. The Morgan fingerprint density at radius 2 is 1.88 bits per heavy atom. The SMILES string of the molecule is CC(C)[C@H](NC(=O)[C@H](O)c1ccccc1Cl)c1nnc2ccccn12. The maximum atomic E-state index is 12.6. The van der Waals surface area contributed by atoms with Crippen LogP contribution in [0.2, 0.25) is 5.02 Å². The topological polar surface area (TPSA) is 79.5 Å². The average molecular weight is 359 g/mol. The van der Waals surface area contributed by atoms with Gasteiger partial charge in [-0.25, -0.2) is 0 Å². The second-order valence-corrected chi connectivity index (χ2v) is 6.55. The van der Waals surface area contributed by atoms with Gasteiger partial charge in [0.25, 0.3) is 5.91 Å². The molecule has 6 nitrogen and oxygen atoms in total. The lowest BCUT2D eigenvalue weighted by atomic mass is 10.0. The Hall–Kier alpha value is -2.44. The van der Waals surface area contributed by atoms with E-state index in [0.29, 0.717) is 22.1 Å². The minimum Gasteiger partial charge on any atom is -0.378 e. The Kier molecular flexibility index (Phi) is 5.01. The van der Waals surface area contributed by atoms with Gasteiger partial charge in [-0.2, -0.15) is 0 Å². The minimum absolute atomic E-state index is 0.0509. The van der Waals surface area contributed by atoms with Crippen LogP contribution in [0.4, 0.5) is 0 Å². The maximum absolute atomic E-state index is 12.6. The van der Waals surface area contributed by atoms with Gasteiger partial charge >= 0.3 is 0 Å². The summed E-state index contributed by atoms with van der Waals surface area (Å²) in [6, 6.07) is 11.9. The average Bonchev–Trinajstić information content (AvgIpc) is 3.03. The zero-order valence-corrected chi connectivity index (χ0v) is 14.7. The number of halogens is 1. The molecule has 1 aromatic carbocycles. The Morgan fingerprint density at radius 3 is 2.60 bits per heavy atom. The van der Waals surface area contributed by atoms with Crippen molar-refractivity contribution in [3.8, 4) is 0 Å². The second kappa shape index (κ2) is 7.21. The second-order valence-electron chi connectivity index (χ2n) is 6.14. The summed E-state index contributed by atoms with van der Waals surface area (Å²) in [5.41, 5.74) is 1.07. The summed E-state index contributed by atoms with van der Waals surface area (Å²) in [5, 5.41) is 21.9.